The maximum atomic E-state index is 12.4. The van der Waals surface area contributed by atoms with Crippen LogP contribution in [0.15, 0.2) is 54.6 Å². The highest BCUT2D eigenvalue weighted by Crippen LogP contribution is 2.26. The molecule has 1 aliphatic rings. The monoisotopic (exact) mass is 415 g/mol. The smallest absolute Gasteiger partial charge is 0.229 e. The molecule has 2 aromatic carbocycles. The maximum absolute atomic E-state index is 12.4. The molecule has 0 bridgehead atoms. The molecular weight excluding hydrogens is 386 g/mol. The average molecular weight is 416 g/mol. The molecule has 0 aliphatic heterocycles. The Morgan fingerprint density at radius 3 is 2.13 bits per heavy atom. The summed E-state index contributed by atoms with van der Waals surface area (Å²) >= 11 is 0. The topological polar surface area (TPSA) is 78.9 Å². The van der Waals surface area contributed by atoms with Crippen molar-refractivity contribution in [2.75, 3.05) is 16.0 Å². The number of rotatable bonds is 6. The first kappa shape index (κ1) is 20.8. The van der Waals surface area contributed by atoms with Crippen LogP contribution in [0.25, 0.3) is 0 Å². The third-order valence-corrected chi connectivity index (χ3v) is 5.56. The highest BCUT2D eigenvalue weighted by Gasteiger charge is 2.20. The molecule has 0 spiro atoms. The van der Waals surface area contributed by atoms with Crippen LogP contribution in [0.1, 0.15) is 43.4 Å². The maximum Gasteiger partial charge on any atom is 0.229 e. The molecule has 1 fully saturated rings. The molecular formula is C25H29N5O. The average Bonchev–Trinajstić information content (AvgIpc) is 2.77. The normalized spacial score (nSPS) is 14.1. The summed E-state index contributed by atoms with van der Waals surface area (Å²) in [6.45, 7) is 4.00. The summed E-state index contributed by atoms with van der Waals surface area (Å²) in [5.74, 6) is 1.53. The van der Waals surface area contributed by atoms with Crippen molar-refractivity contribution in [2.45, 2.75) is 46.0 Å². The van der Waals surface area contributed by atoms with Crippen molar-refractivity contribution in [1.29, 1.82) is 0 Å². The van der Waals surface area contributed by atoms with E-state index in [1.807, 2.05) is 49.4 Å². The van der Waals surface area contributed by atoms with Crippen LogP contribution in [0, 0.1) is 19.8 Å². The summed E-state index contributed by atoms with van der Waals surface area (Å²) in [4.78, 5) is 21.5. The van der Waals surface area contributed by atoms with Gasteiger partial charge in [-0.15, -0.1) is 0 Å². The number of aryl methyl sites for hydroxylation is 2. The van der Waals surface area contributed by atoms with Gasteiger partial charge in [0.15, 0.2) is 0 Å². The third-order valence-electron chi connectivity index (χ3n) is 5.56. The van der Waals surface area contributed by atoms with Gasteiger partial charge < -0.3 is 16.0 Å². The van der Waals surface area contributed by atoms with Gasteiger partial charge in [0.2, 0.25) is 11.9 Å². The van der Waals surface area contributed by atoms with E-state index in [1.54, 1.807) is 0 Å². The van der Waals surface area contributed by atoms with Gasteiger partial charge >= 0.3 is 0 Å². The molecule has 160 valence electrons. The first-order chi connectivity index (χ1) is 15.0. The lowest BCUT2D eigenvalue weighted by molar-refractivity contribution is -0.120. The van der Waals surface area contributed by atoms with E-state index in [9.17, 15) is 4.79 Å². The summed E-state index contributed by atoms with van der Waals surface area (Å²) in [6.07, 6.45) is 5.54. The van der Waals surface area contributed by atoms with Crippen molar-refractivity contribution < 1.29 is 4.79 Å². The van der Waals surface area contributed by atoms with Gasteiger partial charge in [0, 0.05) is 34.7 Å². The lowest BCUT2D eigenvalue weighted by Gasteiger charge is -2.20. The quantitative estimate of drug-likeness (QED) is 0.453. The number of nitrogens with one attached hydrogen (secondary N) is 3. The van der Waals surface area contributed by atoms with Crippen molar-refractivity contribution in [2.24, 2.45) is 5.92 Å². The van der Waals surface area contributed by atoms with E-state index >= 15 is 0 Å². The molecule has 1 aliphatic carbocycles. The Hall–Kier alpha value is -3.41. The number of amides is 1. The molecule has 6 nitrogen and oxygen atoms in total. The minimum Gasteiger partial charge on any atom is -0.340 e. The zero-order valence-corrected chi connectivity index (χ0v) is 18.1. The molecule has 0 saturated heterocycles. The molecule has 1 amide bonds. The molecule has 6 heteroatoms. The largest absolute Gasteiger partial charge is 0.340 e. The number of benzene rings is 2. The molecule has 0 atom stereocenters. The van der Waals surface area contributed by atoms with Crippen molar-refractivity contribution in [3.05, 3.63) is 65.9 Å². The van der Waals surface area contributed by atoms with Gasteiger partial charge in [0.1, 0.15) is 5.82 Å². The highest BCUT2D eigenvalue weighted by atomic mass is 16.1. The Kier molecular flexibility index (Phi) is 6.46. The molecule has 1 saturated carbocycles. The second-order valence-corrected chi connectivity index (χ2v) is 8.24. The van der Waals surface area contributed by atoms with Gasteiger partial charge in [-0.25, -0.2) is 4.98 Å². The van der Waals surface area contributed by atoms with Gasteiger partial charge in [0.05, 0.1) is 0 Å². The van der Waals surface area contributed by atoms with Crippen LogP contribution >= 0.6 is 0 Å². The molecule has 3 aromatic rings. The SMILES string of the molecule is Cc1ccc(Nc2cc(C)nc(Nc3ccc(NC(=O)C4CCCCC4)cc3)n2)cc1. The lowest BCUT2D eigenvalue weighted by Crippen LogP contribution is -2.24. The third kappa shape index (κ3) is 5.81. The van der Waals surface area contributed by atoms with E-state index in [1.165, 1.54) is 12.0 Å². The fourth-order valence-corrected chi connectivity index (χ4v) is 3.85. The van der Waals surface area contributed by atoms with Gasteiger partial charge in [-0.3, -0.25) is 4.79 Å². The number of aromatic nitrogens is 2. The van der Waals surface area contributed by atoms with Crippen LogP contribution in [0.2, 0.25) is 0 Å². The van der Waals surface area contributed by atoms with E-state index in [0.29, 0.717) is 5.95 Å². The van der Waals surface area contributed by atoms with Crippen molar-refractivity contribution in [1.82, 2.24) is 9.97 Å². The Labute approximate surface area is 183 Å². The highest BCUT2D eigenvalue weighted by molar-refractivity contribution is 5.92. The predicted molar refractivity (Wildman–Crippen MR) is 126 cm³/mol. The van der Waals surface area contributed by atoms with Crippen LogP contribution in [-0.4, -0.2) is 15.9 Å². The molecule has 3 N–H and O–H groups in total. The number of carbonyl (C=O) groups excluding carboxylic acids is 1. The van der Waals surface area contributed by atoms with Crippen LogP contribution in [0.5, 0.6) is 0 Å². The van der Waals surface area contributed by atoms with E-state index in [2.05, 4.69) is 45.0 Å². The van der Waals surface area contributed by atoms with Crippen LogP contribution in [-0.2, 0) is 4.79 Å². The second kappa shape index (κ2) is 9.60. The van der Waals surface area contributed by atoms with Crippen LogP contribution < -0.4 is 16.0 Å². The molecule has 0 radical (unpaired) electrons. The Bertz CT molecular complexity index is 1020. The lowest BCUT2D eigenvalue weighted by atomic mass is 9.88. The van der Waals surface area contributed by atoms with E-state index in [-0.39, 0.29) is 11.8 Å². The predicted octanol–water partition coefficient (Wildman–Crippen LogP) is 6.10. The molecule has 4 rings (SSSR count). The summed E-state index contributed by atoms with van der Waals surface area (Å²) in [6, 6.07) is 17.8. The summed E-state index contributed by atoms with van der Waals surface area (Å²) in [7, 11) is 0. The molecule has 0 unspecified atom stereocenters. The first-order valence-corrected chi connectivity index (χ1v) is 10.9. The molecule has 31 heavy (non-hydrogen) atoms. The van der Waals surface area contributed by atoms with E-state index in [4.69, 9.17) is 0 Å². The first-order valence-electron chi connectivity index (χ1n) is 10.9. The van der Waals surface area contributed by atoms with Gasteiger partial charge in [-0.05, 0) is 63.1 Å². The summed E-state index contributed by atoms with van der Waals surface area (Å²) in [5, 5.41) is 9.61. The summed E-state index contributed by atoms with van der Waals surface area (Å²) in [5.41, 5.74) is 4.73. The van der Waals surface area contributed by atoms with Gasteiger partial charge in [-0.1, -0.05) is 37.0 Å². The van der Waals surface area contributed by atoms with Crippen molar-refractivity contribution >= 4 is 34.7 Å². The number of hydrogen-bond donors (Lipinski definition) is 3. The van der Waals surface area contributed by atoms with E-state index in [0.717, 1.165) is 54.3 Å². The minimum atomic E-state index is 0.134. The fourth-order valence-electron chi connectivity index (χ4n) is 3.85. The summed E-state index contributed by atoms with van der Waals surface area (Å²) < 4.78 is 0. The Balaban J connectivity index is 1.39. The molecule has 1 aromatic heterocycles. The fraction of sp³-hybridized carbons (Fsp3) is 0.320. The van der Waals surface area contributed by atoms with Crippen LogP contribution in [0.3, 0.4) is 0 Å². The Morgan fingerprint density at radius 1 is 0.806 bits per heavy atom. The number of carbonyl (C=O) groups is 1. The minimum absolute atomic E-state index is 0.134. The number of nitrogens with zero attached hydrogens (tertiary/aromatic N) is 2. The van der Waals surface area contributed by atoms with Crippen LogP contribution in [0.4, 0.5) is 28.8 Å². The zero-order chi connectivity index (χ0) is 21.6. The van der Waals surface area contributed by atoms with Gasteiger partial charge in [0.25, 0.3) is 0 Å². The standard InChI is InChI=1S/C25H29N5O/c1-17-8-10-20(11-9-17)27-23-16-18(2)26-25(30-23)29-22-14-12-21(13-15-22)28-24(31)19-6-4-3-5-7-19/h8-16,19H,3-7H2,1-2H3,(H,28,31)(H2,26,27,29,30). The Morgan fingerprint density at radius 2 is 1.42 bits per heavy atom. The number of hydrogen-bond acceptors (Lipinski definition) is 5. The number of anilines is 5. The van der Waals surface area contributed by atoms with Crippen molar-refractivity contribution in [3.8, 4) is 0 Å². The molecule has 1 heterocycles. The second-order valence-electron chi connectivity index (χ2n) is 8.24. The van der Waals surface area contributed by atoms with Gasteiger partial charge in [-0.2, -0.15) is 4.98 Å². The van der Waals surface area contributed by atoms with Crippen molar-refractivity contribution in [3.63, 3.8) is 0 Å². The van der Waals surface area contributed by atoms with E-state index < -0.39 is 0 Å². The zero-order valence-electron chi connectivity index (χ0n) is 18.1.